The van der Waals surface area contributed by atoms with E-state index in [1.54, 1.807) is 0 Å². The molecular weight excluding hydrogens is 1120 g/mol. The number of amides is 1. The Morgan fingerprint density at radius 2 is 0.719 bits per heavy atom. The van der Waals surface area contributed by atoms with Gasteiger partial charge in [-0.25, -0.2) is 4.57 Å². The Labute approximate surface area is 553 Å². The zero-order valence-electron chi connectivity index (χ0n) is 59.7. The van der Waals surface area contributed by atoms with Crippen LogP contribution in [0.1, 0.15) is 367 Å². The van der Waals surface area contributed by atoms with Crippen molar-refractivity contribution in [1.82, 2.24) is 5.32 Å². The molecule has 0 aromatic carbocycles. The molecule has 0 fully saturated rings. The summed E-state index contributed by atoms with van der Waals surface area (Å²) < 4.78 is 30.9. The Hall–Kier alpha value is -2.55. The number of carbonyl (C=O) groups is 2. The maximum absolute atomic E-state index is 13.7. The van der Waals surface area contributed by atoms with Crippen LogP contribution in [0.15, 0.2) is 72.9 Å². The van der Waals surface area contributed by atoms with Crippen LogP contribution in [0.25, 0.3) is 0 Å². The van der Waals surface area contributed by atoms with Gasteiger partial charge in [-0.2, -0.15) is 0 Å². The predicted molar refractivity (Wildman–Crippen MR) is 388 cm³/mol. The first-order valence-electron chi connectivity index (χ1n) is 38.3. The van der Waals surface area contributed by atoms with Gasteiger partial charge >= 0.3 is 13.8 Å². The fourth-order valence-electron chi connectivity index (χ4n) is 11.3. The number of ether oxygens (including phenoxy) is 1. The molecule has 89 heavy (non-hydrogen) atoms. The van der Waals surface area contributed by atoms with Crippen molar-refractivity contribution in [2.24, 2.45) is 0 Å². The second kappa shape index (κ2) is 68.3. The lowest BCUT2D eigenvalue weighted by atomic mass is 10.0. The number of phosphoric ester groups is 1. The highest BCUT2D eigenvalue weighted by molar-refractivity contribution is 7.47. The van der Waals surface area contributed by atoms with E-state index in [1.165, 1.54) is 244 Å². The molecule has 0 radical (unpaired) electrons. The summed E-state index contributed by atoms with van der Waals surface area (Å²) in [7, 11) is 1.51. The fraction of sp³-hybridized carbons (Fsp3) is 0.823. The minimum absolute atomic E-state index is 0.0403. The van der Waals surface area contributed by atoms with Crippen LogP contribution >= 0.6 is 7.82 Å². The lowest BCUT2D eigenvalue weighted by Crippen LogP contribution is -2.47. The molecule has 2 N–H and O–H groups in total. The molecule has 0 bridgehead atoms. The Balaban J connectivity index is 5.01. The summed E-state index contributed by atoms with van der Waals surface area (Å²) in [5, 5.41) is 3.08. The number of nitrogens with zero attached hydrogens (tertiary/aromatic N) is 1. The lowest BCUT2D eigenvalue weighted by Gasteiger charge is -2.27. The SMILES string of the molecule is CC/C=C\C/C=C\C/C=C\C/C=C\C/C=C\CCCCCCCCCCCCCC(=O)OC(/C=C/CCCCCCCCCCCCC)C(COP(=O)(O)OCC[N+](C)(C)C)NC(=O)CCCCCCCCCCCCCCCCCCCCCCCCC. The van der Waals surface area contributed by atoms with E-state index >= 15 is 0 Å². The molecular formula is C79H148N2O7P+. The van der Waals surface area contributed by atoms with Crippen LogP contribution in [0, 0.1) is 0 Å². The summed E-state index contributed by atoms with van der Waals surface area (Å²) in [5.74, 6) is -0.492. The number of allylic oxidation sites excluding steroid dienone is 11. The quantitative estimate of drug-likeness (QED) is 0.0205. The molecule has 0 aliphatic heterocycles. The first-order valence-corrected chi connectivity index (χ1v) is 39.8. The van der Waals surface area contributed by atoms with Gasteiger partial charge in [0, 0.05) is 12.8 Å². The van der Waals surface area contributed by atoms with E-state index < -0.39 is 20.0 Å². The predicted octanol–water partition coefficient (Wildman–Crippen LogP) is 24.7. The zero-order valence-corrected chi connectivity index (χ0v) is 60.6. The smallest absolute Gasteiger partial charge is 0.456 e. The molecule has 0 spiro atoms. The summed E-state index contributed by atoms with van der Waals surface area (Å²) in [4.78, 5) is 38.0. The highest BCUT2D eigenvalue weighted by Crippen LogP contribution is 2.43. The van der Waals surface area contributed by atoms with Crippen molar-refractivity contribution in [1.29, 1.82) is 0 Å². The average molecular weight is 1270 g/mol. The normalized spacial score (nSPS) is 13.8. The van der Waals surface area contributed by atoms with Gasteiger partial charge in [0.05, 0.1) is 33.8 Å². The molecule has 1 amide bonds. The fourth-order valence-corrected chi connectivity index (χ4v) is 12.1. The van der Waals surface area contributed by atoms with Crippen LogP contribution in [-0.4, -0.2) is 74.3 Å². The van der Waals surface area contributed by atoms with Crippen molar-refractivity contribution in [2.45, 2.75) is 380 Å². The van der Waals surface area contributed by atoms with Gasteiger partial charge < -0.3 is 19.4 Å². The van der Waals surface area contributed by atoms with Crippen LogP contribution in [0.3, 0.4) is 0 Å². The van der Waals surface area contributed by atoms with E-state index in [0.717, 1.165) is 89.9 Å². The summed E-state index contributed by atoms with van der Waals surface area (Å²) in [6, 6.07) is -0.851. The molecule has 0 aliphatic rings. The number of nitrogens with one attached hydrogen (secondary N) is 1. The standard InChI is InChI=1S/C79H147N2O7P/c1-7-10-13-16-19-22-25-28-30-32-34-36-38-39-40-41-43-45-47-49-51-54-57-60-63-66-69-72-79(83)88-77(70-67-64-61-58-55-52-27-24-21-18-15-12-9-3)76(75-87-89(84,85)86-74-73-81(4,5)6)80-78(82)71-68-65-62-59-56-53-50-48-46-44-42-37-35-33-31-29-26-23-20-17-14-11-8-2/h10,13,19,22,28,30,34,36,39-40,67,70,76-77H,7-9,11-12,14-18,20-21,23-27,29,31-33,35,37-38,41-66,68-69,71-75H2,1-6H3,(H-,80,82,84,85)/p+1/b13-10-,22-19-,30-28-,36-34-,40-39-,70-67+. The molecule has 0 aromatic rings. The Bertz CT molecular complexity index is 1750. The number of esters is 1. The topological polar surface area (TPSA) is 111 Å². The molecule has 3 unspecified atom stereocenters. The Morgan fingerprint density at radius 1 is 0.404 bits per heavy atom. The van der Waals surface area contributed by atoms with E-state index in [2.05, 4.69) is 92.9 Å². The summed E-state index contributed by atoms with van der Waals surface area (Å²) in [6.45, 7) is 6.96. The second-order valence-corrected chi connectivity index (χ2v) is 28.6. The van der Waals surface area contributed by atoms with Crippen molar-refractivity contribution in [3.8, 4) is 0 Å². The average Bonchev–Trinajstić information content (AvgIpc) is 3.63. The summed E-state index contributed by atoms with van der Waals surface area (Å²) >= 11 is 0. The largest absolute Gasteiger partial charge is 0.472 e. The monoisotopic (exact) mass is 1270 g/mol. The number of hydrogen-bond acceptors (Lipinski definition) is 6. The number of unbranched alkanes of at least 4 members (excludes halogenated alkanes) is 44. The van der Waals surface area contributed by atoms with Crippen LogP contribution in [-0.2, 0) is 27.9 Å². The third-order valence-corrected chi connectivity index (χ3v) is 18.1. The minimum Gasteiger partial charge on any atom is -0.456 e. The molecule has 0 rings (SSSR count). The zero-order chi connectivity index (χ0) is 64.9. The van der Waals surface area contributed by atoms with E-state index in [9.17, 15) is 19.0 Å². The van der Waals surface area contributed by atoms with E-state index in [1.807, 2.05) is 27.2 Å². The third-order valence-electron chi connectivity index (χ3n) is 17.2. The molecule has 0 saturated heterocycles. The van der Waals surface area contributed by atoms with Gasteiger partial charge in [-0.3, -0.25) is 18.6 Å². The number of likely N-dealkylation sites (N-methyl/N-ethyl adjacent to an activating group) is 1. The lowest BCUT2D eigenvalue weighted by molar-refractivity contribution is -0.870. The van der Waals surface area contributed by atoms with Gasteiger partial charge in [0.2, 0.25) is 5.91 Å². The number of rotatable bonds is 70. The van der Waals surface area contributed by atoms with Crippen molar-refractivity contribution < 1.29 is 37.3 Å². The molecule has 3 atom stereocenters. The molecule has 9 nitrogen and oxygen atoms in total. The van der Waals surface area contributed by atoms with Crippen LogP contribution in [0.5, 0.6) is 0 Å². The van der Waals surface area contributed by atoms with Crippen LogP contribution < -0.4 is 5.32 Å². The van der Waals surface area contributed by atoms with Crippen LogP contribution in [0.2, 0.25) is 0 Å². The maximum Gasteiger partial charge on any atom is 0.472 e. The molecule has 0 saturated carbocycles. The van der Waals surface area contributed by atoms with E-state index in [-0.39, 0.29) is 31.5 Å². The maximum atomic E-state index is 13.7. The van der Waals surface area contributed by atoms with Gasteiger partial charge in [-0.1, -0.05) is 351 Å². The van der Waals surface area contributed by atoms with Crippen molar-refractivity contribution in [3.05, 3.63) is 72.9 Å². The van der Waals surface area contributed by atoms with Crippen molar-refractivity contribution in [2.75, 3.05) is 40.9 Å². The number of carbonyl (C=O) groups excluding carboxylic acids is 2. The van der Waals surface area contributed by atoms with Crippen molar-refractivity contribution in [3.63, 3.8) is 0 Å². The van der Waals surface area contributed by atoms with Gasteiger partial charge in [-0.15, -0.1) is 0 Å². The van der Waals surface area contributed by atoms with Gasteiger partial charge in [-0.05, 0) is 76.7 Å². The van der Waals surface area contributed by atoms with Gasteiger partial charge in [0.25, 0.3) is 0 Å². The second-order valence-electron chi connectivity index (χ2n) is 27.2. The first-order chi connectivity index (χ1) is 43.4. The molecule has 10 heteroatoms. The highest BCUT2D eigenvalue weighted by Gasteiger charge is 2.30. The number of phosphoric acid groups is 1. The Kier molecular flexibility index (Phi) is 66.4. The van der Waals surface area contributed by atoms with E-state index in [4.69, 9.17) is 13.8 Å². The highest BCUT2D eigenvalue weighted by atomic mass is 31.2. The first kappa shape index (κ1) is 86.5. The van der Waals surface area contributed by atoms with Crippen LogP contribution in [0.4, 0.5) is 0 Å². The molecule has 520 valence electrons. The summed E-state index contributed by atoms with van der Waals surface area (Å²) in [5.41, 5.74) is 0. The van der Waals surface area contributed by atoms with E-state index in [0.29, 0.717) is 17.4 Å². The Morgan fingerprint density at radius 3 is 1.08 bits per heavy atom. The third kappa shape index (κ3) is 69.6. The number of hydrogen-bond donors (Lipinski definition) is 2. The summed E-state index contributed by atoms with van der Waals surface area (Å²) in [6.07, 6.45) is 90.7. The number of quaternary nitrogens is 1. The van der Waals surface area contributed by atoms with Gasteiger partial charge in [0.15, 0.2) is 0 Å². The van der Waals surface area contributed by atoms with Crippen molar-refractivity contribution >= 4 is 19.7 Å². The molecule has 0 aliphatic carbocycles. The molecule has 0 heterocycles. The van der Waals surface area contributed by atoms with Gasteiger partial charge in [0.1, 0.15) is 19.3 Å². The minimum atomic E-state index is -4.46. The molecule has 0 aromatic heterocycles.